The van der Waals surface area contributed by atoms with Gasteiger partial charge in [-0.3, -0.25) is 9.59 Å². The molecule has 0 aliphatic carbocycles. The van der Waals surface area contributed by atoms with Gasteiger partial charge in [-0.25, -0.2) is 0 Å². The lowest BCUT2D eigenvalue weighted by atomic mass is 10.1. The van der Waals surface area contributed by atoms with Crippen LogP contribution < -0.4 is 10.1 Å². The number of fused-ring (bicyclic) bond motifs is 1. The number of hydrogen-bond acceptors (Lipinski definition) is 3. The molecule has 0 radical (unpaired) electrons. The van der Waals surface area contributed by atoms with Crippen LogP contribution >= 0.6 is 15.9 Å². The predicted octanol–water partition coefficient (Wildman–Crippen LogP) is 5.62. The van der Waals surface area contributed by atoms with E-state index in [2.05, 4.69) is 21.2 Å². The normalized spacial score (nSPS) is 12.3. The Morgan fingerprint density at radius 1 is 1.03 bits per heavy atom. The summed E-state index contributed by atoms with van der Waals surface area (Å²) in [7, 11) is 0. The van der Waals surface area contributed by atoms with Crippen molar-refractivity contribution in [3.05, 3.63) is 76.3 Å². The number of rotatable bonds is 7. The fourth-order valence-corrected chi connectivity index (χ4v) is 4.10. The lowest BCUT2D eigenvalue weighted by Crippen LogP contribution is -2.53. The van der Waals surface area contributed by atoms with Gasteiger partial charge in [-0.05, 0) is 73.0 Å². The third-order valence-corrected chi connectivity index (χ3v) is 6.14. The van der Waals surface area contributed by atoms with Crippen LogP contribution in [0, 0.1) is 6.92 Å². The molecule has 174 valence electrons. The van der Waals surface area contributed by atoms with Crippen molar-refractivity contribution >= 4 is 38.5 Å². The molecule has 2 amide bonds. The molecule has 6 heteroatoms. The van der Waals surface area contributed by atoms with Gasteiger partial charge in [0, 0.05) is 12.1 Å². The monoisotopic (exact) mass is 510 g/mol. The Morgan fingerprint density at radius 3 is 2.36 bits per heavy atom. The molecule has 3 aromatic carbocycles. The molecule has 33 heavy (non-hydrogen) atoms. The molecule has 0 saturated carbocycles. The minimum atomic E-state index is -0.651. The van der Waals surface area contributed by atoms with Crippen molar-refractivity contribution in [2.24, 2.45) is 0 Å². The summed E-state index contributed by atoms with van der Waals surface area (Å²) in [6, 6.07) is 19.1. The lowest BCUT2D eigenvalue weighted by molar-refractivity contribution is -0.142. The van der Waals surface area contributed by atoms with E-state index in [-0.39, 0.29) is 18.4 Å². The minimum absolute atomic E-state index is 0.171. The van der Waals surface area contributed by atoms with E-state index in [1.807, 2.05) is 88.4 Å². The first-order valence-corrected chi connectivity index (χ1v) is 11.8. The highest BCUT2D eigenvalue weighted by molar-refractivity contribution is 9.10. The number of hydrogen-bond donors (Lipinski definition) is 1. The van der Waals surface area contributed by atoms with Crippen LogP contribution in [-0.2, 0) is 16.1 Å². The Labute approximate surface area is 204 Å². The van der Waals surface area contributed by atoms with Gasteiger partial charge in [-0.1, -0.05) is 60.2 Å². The van der Waals surface area contributed by atoms with Crippen LogP contribution in [0.25, 0.3) is 10.8 Å². The van der Waals surface area contributed by atoms with Gasteiger partial charge >= 0.3 is 0 Å². The van der Waals surface area contributed by atoms with E-state index in [1.165, 1.54) is 0 Å². The average molecular weight is 511 g/mol. The van der Waals surface area contributed by atoms with Gasteiger partial charge < -0.3 is 15.0 Å². The van der Waals surface area contributed by atoms with Gasteiger partial charge in [0.15, 0.2) is 6.61 Å². The summed E-state index contributed by atoms with van der Waals surface area (Å²) in [6.07, 6.45) is 0. The topological polar surface area (TPSA) is 58.6 Å². The van der Waals surface area contributed by atoms with Crippen molar-refractivity contribution < 1.29 is 14.3 Å². The van der Waals surface area contributed by atoms with Gasteiger partial charge in [-0.15, -0.1) is 0 Å². The van der Waals surface area contributed by atoms with E-state index in [9.17, 15) is 9.59 Å². The first kappa shape index (κ1) is 24.8. The second-order valence-electron chi connectivity index (χ2n) is 9.31. The number of nitrogens with one attached hydrogen (secondary N) is 1. The molecular formula is C27H31BrN2O3. The Morgan fingerprint density at radius 2 is 1.70 bits per heavy atom. The highest BCUT2D eigenvalue weighted by atomic mass is 79.9. The van der Waals surface area contributed by atoms with Crippen molar-refractivity contribution in [2.75, 3.05) is 6.61 Å². The van der Waals surface area contributed by atoms with Crippen LogP contribution in [0.4, 0.5) is 0 Å². The van der Waals surface area contributed by atoms with Gasteiger partial charge in [0.25, 0.3) is 5.91 Å². The zero-order valence-corrected chi connectivity index (χ0v) is 21.4. The highest BCUT2D eigenvalue weighted by Gasteiger charge is 2.28. The molecule has 1 N–H and O–H groups in total. The van der Waals surface area contributed by atoms with Crippen molar-refractivity contribution in [1.82, 2.24) is 10.2 Å². The SMILES string of the molecule is Cc1ccc(CN(C(=O)COc2ccc3ccccc3c2Br)C(C)C(=O)NC(C)(C)C)cc1. The number of halogens is 1. The molecule has 0 fully saturated rings. The maximum Gasteiger partial charge on any atom is 0.261 e. The summed E-state index contributed by atoms with van der Waals surface area (Å²) >= 11 is 3.60. The molecule has 0 heterocycles. The van der Waals surface area contributed by atoms with Gasteiger partial charge in [0.1, 0.15) is 11.8 Å². The Balaban J connectivity index is 1.80. The van der Waals surface area contributed by atoms with E-state index in [0.29, 0.717) is 12.3 Å². The van der Waals surface area contributed by atoms with Gasteiger partial charge in [-0.2, -0.15) is 0 Å². The Kier molecular flexibility index (Phi) is 7.80. The van der Waals surface area contributed by atoms with E-state index >= 15 is 0 Å². The summed E-state index contributed by atoms with van der Waals surface area (Å²) in [5.41, 5.74) is 1.70. The standard InChI is InChI=1S/C27H31BrN2O3/c1-18-10-12-20(13-11-18)16-30(19(2)26(32)29-27(3,4)5)24(31)17-33-23-15-14-21-8-6-7-9-22(21)25(23)28/h6-15,19H,16-17H2,1-5H3,(H,29,32). The van der Waals surface area contributed by atoms with Crippen LogP contribution in [0.2, 0.25) is 0 Å². The molecule has 0 aromatic heterocycles. The van der Waals surface area contributed by atoms with E-state index < -0.39 is 11.6 Å². The molecule has 1 unspecified atom stereocenters. The molecule has 1 atom stereocenters. The molecule has 0 saturated heterocycles. The summed E-state index contributed by atoms with van der Waals surface area (Å²) in [6.45, 7) is 9.68. The first-order valence-electron chi connectivity index (χ1n) is 11.0. The molecule has 0 aliphatic heterocycles. The number of amides is 2. The second-order valence-corrected chi connectivity index (χ2v) is 10.1. The third kappa shape index (κ3) is 6.57. The van der Waals surface area contributed by atoms with Crippen molar-refractivity contribution in [3.8, 4) is 5.75 Å². The van der Waals surface area contributed by atoms with Crippen LogP contribution in [0.15, 0.2) is 65.1 Å². The van der Waals surface area contributed by atoms with Gasteiger partial charge in [0.2, 0.25) is 5.91 Å². The van der Waals surface area contributed by atoms with Gasteiger partial charge in [0.05, 0.1) is 4.47 Å². The van der Waals surface area contributed by atoms with Crippen LogP contribution in [0.5, 0.6) is 5.75 Å². The van der Waals surface area contributed by atoms with Crippen LogP contribution in [0.3, 0.4) is 0 Å². The highest BCUT2D eigenvalue weighted by Crippen LogP contribution is 2.33. The smallest absolute Gasteiger partial charge is 0.261 e. The number of carbonyl (C=O) groups excluding carboxylic acids is 2. The minimum Gasteiger partial charge on any atom is -0.483 e. The largest absolute Gasteiger partial charge is 0.483 e. The molecule has 3 aromatic rings. The fraction of sp³-hybridized carbons (Fsp3) is 0.333. The first-order chi connectivity index (χ1) is 15.5. The quantitative estimate of drug-likeness (QED) is 0.448. The maximum absolute atomic E-state index is 13.3. The number of ether oxygens (including phenoxy) is 1. The molecule has 3 rings (SSSR count). The van der Waals surface area contributed by atoms with Crippen LogP contribution in [0.1, 0.15) is 38.8 Å². The third-order valence-electron chi connectivity index (χ3n) is 5.32. The molecule has 0 spiro atoms. The Bertz CT molecular complexity index is 1140. The number of carbonyl (C=O) groups is 2. The Hall–Kier alpha value is -2.86. The summed E-state index contributed by atoms with van der Waals surface area (Å²) in [5.74, 6) is 0.131. The van der Waals surface area contributed by atoms with Crippen molar-refractivity contribution in [2.45, 2.75) is 52.7 Å². The predicted molar refractivity (Wildman–Crippen MR) is 136 cm³/mol. The number of aryl methyl sites for hydroxylation is 1. The average Bonchev–Trinajstić information content (AvgIpc) is 2.76. The lowest BCUT2D eigenvalue weighted by Gasteiger charge is -2.31. The zero-order valence-electron chi connectivity index (χ0n) is 19.8. The summed E-state index contributed by atoms with van der Waals surface area (Å²) in [5, 5.41) is 5.06. The van der Waals surface area contributed by atoms with E-state index in [1.54, 1.807) is 11.8 Å². The van der Waals surface area contributed by atoms with E-state index in [0.717, 1.165) is 26.4 Å². The van der Waals surface area contributed by atoms with Crippen molar-refractivity contribution in [3.63, 3.8) is 0 Å². The molecule has 0 aliphatic rings. The number of benzene rings is 3. The zero-order chi connectivity index (χ0) is 24.2. The van der Waals surface area contributed by atoms with Crippen LogP contribution in [-0.4, -0.2) is 34.9 Å². The molecule has 5 nitrogen and oxygen atoms in total. The summed E-state index contributed by atoms with van der Waals surface area (Å²) < 4.78 is 6.71. The molecular weight excluding hydrogens is 480 g/mol. The fourth-order valence-electron chi connectivity index (χ4n) is 3.49. The van der Waals surface area contributed by atoms with E-state index in [4.69, 9.17) is 4.74 Å². The number of nitrogens with zero attached hydrogens (tertiary/aromatic N) is 1. The summed E-state index contributed by atoms with van der Waals surface area (Å²) in [4.78, 5) is 27.7. The molecule has 0 bridgehead atoms. The maximum atomic E-state index is 13.3. The van der Waals surface area contributed by atoms with Crippen molar-refractivity contribution in [1.29, 1.82) is 0 Å². The second kappa shape index (κ2) is 10.4.